The van der Waals surface area contributed by atoms with E-state index in [0.29, 0.717) is 20.0 Å². The Morgan fingerprint density at radius 2 is 0.714 bits per heavy atom. The van der Waals surface area contributed by atoms with Gasteiger partial charge in [-0.1, -0.05) is 195 Å². The molecule has 0 aromatic heterocycles. The summed E-state index contributed by atoms with van der Waals surface area (Å²) in [6.07, 6.45) is 0. The van der Waals surface area contributed by atoms with Crippen molar-refractivity contribution in [1.29, 1.82) is 0 Å². The summed E-state index contributed by atoms with van der Waals surface area (Å²) < 4.78 is 26.8. The maximum Gasteiger partial charge on any atom is 0.231 e. The van der Waals surface area contributed by atoms with Gasteiger partial charge in [-0.05, 0) is 112 Å². The van der Waals surface area contributed by atoms with E-state index in [0.717, 1.165) is 28.7 Å². The number of benzene rings is 5. The summed E-state index contributed by atoms with van der Waals surface area (Å²) >= 11 is 0. The third-order valence-corrected chi connectivity index (χ3v) is 10.7. The normalized spacial score (nSPS) is 12.9. The second-order valence-corrected chi connectivity index (χ2v) is 21.6. The molecule has 5 aromatic carbocycles. The van der Waals surface area contributed by atoms with E-state index in [4.69, 9.17) is 23.7 Å². The van der Waals surface area contributed by atoms with Gasteiger partial charge in [-0.3, -0.25) is 0 Å². The highest BCUT2D eigenvalue weighted by molar-refractivity contribution is 5.47. The number of hydrogen-bond acceptors (Lipinski definition) is 5. The van der Waals surface area contributed by atoms with E-state index in [1.54, 1.807) is 7.11 Å². The summed E-state index contributed by atoms with van der Waals surface area (Å²) in [5.74, 6) is 4.43. The Kier molecular flexibility index (Phi) is 19.5. The van der Waals surface area contributed by atoms with Crippen LogP contribution in [0.3, 0.4) is 0 Å². The lowest BCUT2D eigenvalue weighted by molar-refractivity contribution is 0.171. The van der Waals surface area contributed by atoms with Gasteiger partial charge >= 0.3 is 0 Å². The van der Waals surface area contributed by atoms with Gasteiger partial charge < -0.3 is 23.7 Å². The average Bonchev–Trinajstić information content (AvgIpc) is 3.66. The third-order valence-electron chi connectivity index (χ3n) is 10.7. The zero-order valence-electron chi connectivity index (χ0n) is 42.0. The van der Waals surface area contributed by atoms with Crippen LogP contribution in [0.1, 0.15) is 156 Å². The first-order valence-corrected chi connectivity index (χ1v) is 22.2. The zero-order chi connectivity index (χ0) is 46.7. The van der Waals surface area contributed by atoms with Crippen molar-refractivity contribution in [2.45, 2.75) is 159 Å². The quantitative estimate of drug-likeness (QED) is 0.168. The van der Waals surface area contributed by atoms with Crippen LogP contribution in [0.25, 0.3) is 0 Å². The van der Waals surface area contributed by atoms with Crippen molar-refractivity contribution < 1.29 is 23.7 Å². The Hall–Kier alpha value is -4.90. The molecule has 0 unspecified atom stereocenters. The Bertz CT molecular complexity index is 2100. The molecule has 0 bridgehead atoms. The van der Waals surface area contributed by atoms with E-state index in [-0.39, 0.29) is 34.5 Å². The molecule has 2 heterocycles. The van der Waals surface area contributed by atoms with Crippen LogP contribution >= 0.6 is 0 Å². The minimum Gasteiger partial charge on any atom is -0.496 e. The Balaban J connectivity index is 0.000000271. The van der Waals surface area contributed by atoms with Crippen molar-refractivity contribution in [3.63, 3.8) is 0 Å². The molecule has 7 rings (SSSR count). The van der Waals surface area contributed by atoms with Crippen LogP contribution in [0, 0.1) is 20.8 Å². The van der Waals surface area contributed by atoms with Crippen molar-refractivity contribution in [1.82, 2.24) is 0 Å². The maximum atomic E-state index is 5.53. The first-order chi connectivity index (χ1) is 28.6. The van der Waals surface area contributed by atoms with Gasteiger partial charge in [-0.15, -0.1) is 0 Å². The number of methoxy groups -OCH3 is 1. The molecular formula is C58H84O5. The summed E-state index contributed by atoms with van der Waals surface area (Å²) in [5, 5.41) is 0. The molecule has 0 radical (unpaired) electrons. The van der Waals surface area contributed by atoms with E-state index in [9.17, 15) is 0 Å². The standard InChI is InChI=1S/C12H16O2.C12H18O.C11H14O2.2C11H16.CH4/c1-12(2,3)9-4-5-10-11(8-9)14-7-6-13-10;1-9-8-10(12(2,3)4)6-7-11(9)13-5;1-11(2,3)8-4-5-9-10(6-8)13-7-12-9;2*1-9-6-5-7-10(8-9)11(2,3)4;/h4-5,8H,6-7H2,1-3H3;6-8H,1-5H3;4-6H,7H2,1-3H3;2*5-8H,1-4H3;1H4. The molecule has 0 saturated carbocycles. The van der Waals surface area contributed by atoms with Gasteiger partial charge in [-0.25, -0.2) is 0 Å². The number of hydrogen-bond donors (Lipinski definition) is 0. The van der Waals surface area contributed by atoms with Crippen LogP contribution in [-0.2, 0) is 27.1 Å². The molecule has 0 fully saturated rings. The van der Waals surface area contributed by atoms with Crippen molar-refractivity contribution in [2.75, 3.05) is 27.1 Å². The van der Waals surface area contributed by atoms with E-state index < -0.39 is 0 Å². The van der Waals surface area contributed by atoms with Gasteiger partial charge in [0.05, 0.1) is 7.11 Å². The van der Waals surface area contributed by atoms with E-state index in [1.165, 1.54) is 44.5 Å². The lowest BCUT2D eigenvalue weighted by Crippen LogP contribution is -2.17. The molecule has 63 heavy (non-hydrogen) atoms. The van der Waals surface area contributed by atoms with Crippen LogP contribution in [0.4, 0.5) is 0 Å². The molecule has 346 valence electrons. The number of fused-ring (bicyclic) bond motifs is 2. The smallest absolute Gasteiger partial charge is 0.231 e. The van der Waals surface area contributed by atoms with E-state index in [2.05, 4.69) is 210 Å². The van der Waals surface area contributed by atoms with Gasteiger partial charge in [0, 0.05) is 0 Å². The summed E-state index contributed by atoms with van der Waals surface area (Å²) in [5.41, 5.74) is 11.7. The second kappa shape index (κ2) is 22.6. The lowest BCUT2D eigenvalue weighted by atomic mass is 9.86. The van der Waals surface area contributed by atoms with Gasteiger partial charge in [-0.2, -0.15) is 0 Å². The topological polar surface area (TPSA) is 46.2 Å². The van der Waals surface area contributed by atoms with Crippen LogP contribution < -0.4 is 23.7 Å². The number of ether oxygens (including phenoxy) is 5. The van der Waals surface area contributed by atoms with Gasteiger partial charge in [0.2, 0.25) is 6.79 Å². The highest BCUT2D eigenvalue weighted by Crippen LogP contribution is 2.37. The molecular weight excluding hydrogens is 777 g/mol. The maximum absolute atomic E-state index is 5.53. The minimum atomic E-state index is 0. The Labute approximate surface area is 384 Å². The molecule has 0 amide bonds. The van der Waals surface area contributed by atoms with E-state index in [1.807, 2.05) is 18.2 Å². The summed E-state index contributed by atoms with van der Waals surface area (Å²) in [6, 6.07) is 36.0. The molecule has 0 atom stereocenters. The Morgan fingerprint density at radius 1 is 0.381 bits per heavy atom. The molecule has 0 N–H and O–H groups in total. The molecule has 2 aliphatic heterocycles. The van der Waals surface area contributed by atoms with Gasteiger partial charge in [0.1, 0.15) is 19.0 Å². The van der Waals surface area contributed by atoms with Gasteiger partial charge in [0.15, 0.2) is 23.0 Å². The molecule has 5 nitrogen and oxygen atoms in total. The largest absolute Gasteiger partial charge is 0.496 e. The van der Waals surface area contributed by atoms with Crippen LogP contribution in [0.2, 0.25) is 0 Å². The van der Waals surface area contributed by atoms with Crippen molar-refractivity contribution in [2.24, 2.45) is 0 Å². The molecule has 0 aliphatic carbocycles. The predicted octanol–water partition coefficient (Wildman–Crippen LogP) is 16.0. The van der Waals surface area contributed by atoms with E-state index >= 15 is 0 Å². The first-order valence-electron chi connectivity index (χ1n) is 22.2. The average molecular weight is 861 g/mol. The minimum absolute atomic E-state index is 0. The fourth-order valence-corrected chi connectivity index (χ4v) is 6.44. The van der Waals surface area contributed by atoms with Crippen molar-refractivity contribution in [3.8, 4) is 28.7 Å². The summed E-state index contributed by atoms with van der Waals surface area (Å²) in [6.45, 7) is 41.2. The highest BCUT2D eigenvalue weighted by atomic mass is 16.7. The third kappa shape index (κ3) is 17.7. The fraction of sp³-hybridized carbons (Fsp3) is 0.483. The van der Waals surface area contributed by atoms with Crippen molar-refractivity contribution >= 4 is 0 Å². The first kappa shape index (κ1) is 54.2. The fourth-order valence-electron chi connectivity index (χ4n) is 6.44. The monoisotopic (exact) mass is 861 g/mol. The molecule has 0 spiro atoms. The van der Waals surface area contributed by atoms with Crippen LogP contribution in [0.15, 0.2) is 103 Å². The number of aryl methyl sites for hydroxylation is 3. The Morgan fingerprint density at radius 3 is 1.08 bits per heavy atom. The molecule has 0 saturated heterocycles. The lowest BCUT2D eigenvalue weighted by Gasteiger charge is -2.23. The molecule has 5 heteroatoms. The summed E-state index contributed by atoms with van der Waals surface area (Å²) in [7, 11) is 1.71. The van der Waals surface area contributed by atoms with Crippen LogP contribution in [-0.4, -0.2) is 27.1 Å². The highest BCUT2D eigenvalue weighted by Gasteiger charge is 2.21. The summed E-state index contributed by atoms with van der Waals surface area (Å²) in [4.78, 5) is 0. The molecule has 2 aliphatic rings. The second-order valence-electron chi connectivity index (χ2n) is 21.6. The van der Waals surface area contributed by atoms with Gasteiger partial charge in [0.25, 0.3) is 0 Å². The van der Waals surface area contributed by atoms with Crippen LogP contribution in [0.5, 0.6) is 28.7 Å². The molecule has 5 aromatic rings. The number of rotatable bonds is 1. The SMILES string of the molecule is C.CC(C)(C)c1ccc2c(c1)OCCO2.CC(C)(C)c1ccc2c(c1)OCO2.COc1ccc(C(C)(C)C)cc1C.Cc1cccc(C(C)(C)C)c1.Cc1cccc(C(C)(C)C)c1. The predicted molar refractivity (Wildman–Crippen MR) is 270 cm³/mol. The van der Waals surface area contributed by atoms with Crippen molar-refractivity contribution in [3.05, 3.63) is 148 Å². The zero-order valence-corrected chi connectivity index (χ0v) is 42.0.